The summed E-state index contributed by atoms with van der Waals surface area (Å²) in [5.74, 6) is 0.519. The van der Waals surface area contributed by atoms with Gasteiger partial charge in [-0.1, -0.05) is 24.3 Å². The molecule has 0 atom stereocenters. The molecule has 33 heavy (non-hydrogen) atoms. The van der Waals surface area contributed by atoms with E-state index in [2.05, 4.69) is 46.7 Å². The largest absolute Gasteiger partial charge is 0.494 e. The second-order valence-electron chi connectivity index (χ2n) is 8.00. The highest BCUT2D eigenvalue weighted by molar-refractivity contribution is 8.25. The third kappa shape index (κ3) is 4.09. The minimum atomic E-state index is -0.414. The van der Waals surface area contributed by atoms with Gasteiger partial charge in [0.15, 0.2) is 11.0 Å². The van der Waals surface area contributed by atoms with Crippen LogP contribution in [0.2, 0.25) is 0 Å². The van der Waals surface area contributed by atoms with Gasteiger partial charge in [-0.05, 0) is 67.4 Å². The van der Waals surface area contributed by atoms with Gasteiger partial charge in [-0.25, -0.2) is 0 Å². The van der Waals surface area contributed by atoms with Crippen molar-refractivity contribution in [3.8, 4) is 5.75 Å². The minimum absolute atomic E-state index is 0.0462. The number of carbonyl (C=O) groups is 1. The number of amides is 1. The number of nitrogens with zero attached hydrogens (tertiary/aromatic N) is 4. The molecule has 1 aromatic heterocycles. The number of benzene rings is 2. The van der Waals surface area contributed by atoms with Crippen molar-refractivity contribution in [2.45, 2.75) is 26.8 Å². The Morgan fingerprint density at radius 3 is 2.85 bits per heavy atom. The number of hydrazone groups is 1. The fourth-order valence-corrected chi connectivity index (χ4v) is 4.51. The molecule has 0 radical (unpaired) electrons. The van der Waals surface area contributed by atoms with Crippen LogP contribution in [0.15, 0.2) is 64.3 Å². The van der Waals surface area contributed by atoms with Gasteiger partial charge in [0.25, 0.3) is 5.91 Å². The molecule has 0 saturated carbocycles. The van der Waals surface area contributed by atoms with Gasteiger partial charge in [-0.2, -0.15) is 15.1 Å². The number of aryl methyl sites for hydroxylation is 3. The molecule has 0 aliphatic carbocycles. The maximum Gasteiger partial charge on any atom is 0.283 e. The van der Waals surface area contributed by atoms with Crippen molar-refractivity contribution >= 4 is 51.2 Å². The van der Waals surface area contributed by atoms with Crippen LogP contribution in [-0.2, 0) is 11.3 Å². The van der Waals surface area contributed by atoms with Crippen LogP contribution in [0.3, 0.4) is 0 Å². The predicted octanol–water partition coefficient (Wildman–Crippen LogP) is 4.98. The Hall–Kier alpha value is -3.65. The summed E-state index contributed by atoms with van der Waals surface area (Å²) in [4.78, 5) is 16.6. The Labute approximate surface area is 196 Å². The van der Waals surface area contributed by atoms with Crippen molar-refractivity contribution in [2.24, 2.45) is 10.1 Å². The Balaban J connectivity index is 1.35. The number of nitrogens with one attached hydrogen (secondary N) is 1. The van der Waals surface area contributed by atoms with Crippen LogP contribution < -0.4 is 4.74 Å². The molecular weight excluding hydrogens is 434 g/mol. The van der Waals surface area contributed by atoms with E-state index in [1.807, 2.05) is 30.5 Å². The summed E-state index contributed by atoms with van der Waals surface area (Å²) in [6, 6.07) is 14.2. The minimum Gasteiger partial charge on any atom is -0.494 e. The van der Waals surface area contributed by atoms with E-state index in [9.17, 15) is 4.79 Å². The Morgan fingerprint density at radius 1 is 1.15 bits per heavy atom. The number of aromatic nitrogens is 1. The number of thioether (sulfide) groups is 1. The van der Waals surface area contributed by atoms with Crippen molar-refractivity contribution in [3.05, 3.63) is 70.9 Å². The summed E-state index contributed by atoms with van der Waals surface area (Å²) in [5, 5.41) is 15.4. The molecule has 1 N–H and O–H groups in total. The zero-order valence-electron chi connectivity index (χ0n) is 18.4. The van der Waals surface area contributed by atoms with Crippen molar-refractivity contribution in [1.29, 1.82) is 5.41 Å². The summed E-state index contributed by atoms with van der Waals surface area (Å²) in [5.41, 5.74) is 6.24. The number of para-hydroxylation sites is 1. The lowest BCUT2D eigenvalue weighted by molar-refractivity contribution is -0.114. The van der Waals surface area contributed by atoms with Crippen LogP contribution in [-0.4, -0.2) is 38.6 Å². The molecular formula is C25H23N5O2S. The molecule has 3 heterocycles. The van der Waals surface area contributed by atoms with E-state index in [1.54, 1.807) is 11.6 Å². The lowest BCUT2D eigenvalue weighted by Gasteiger charge is -2.20. The molecule has 1 amide bonds. The molecule has 0 fully saturated rings. The van der Waals surface area contributed by atoms with E-state index in [1.165, 1.54) is 27.9 Å². The average molecular weight is 458 g/mol. The zero-order chi connectivity index (χ0) is 22.9. The van der Waals surface area contributed by atoms with Gasteiger partial charge in [0.2, 0.25) is 0 Å². The number of fused-ring (bicyclic) bond motifs is 2. The third-order valence-corrected chi connectivity index (χ3v) is 6.48. The standard InChI is InChI=1S/C25H23N5O2S/c1-16-8-9-19(12-17(16)2)32-11-5-10-29-14-18(20-6-3-4-7-22(20)29)13-21-23(26)30-25(28-24(21)31)33-15-27-30/h3-4,6-9,12-15,26H,5,10-11H2,1-2H3. The molecule has 0 spiro atoms. The first-order valence-electron chi connectivity index (χ1n) is 10.7. The molecule has 3 aromatic rings. The van der Waals surface area contributed by atoms with Gasteiger partial charge < -0.3 is 9.30 Å². The van der Waals surface area contributed by atoms with Crippen LogP contribution in [0.1, 0.15) is 23.1 Å². The number of hydrogen-bond acceptors (Lipinski definition) is 5. The topological polar surface area (TPSA) is 83.0 Å². The first-order valence-corrected chi connectivity index (χ1v) is 11.6. The molecule has 0 bridgehead atoms. The average Bonchev–Trinajstić information content (AvgIpc) is 3.41. The fourth-order valence-electron chi connectivity index (χ4n) is 3.90. The molecule has 2 aromatic carbocycles. The number of ether oxygens (including phenoxy) is 1. The van der Waals surface area contributed by atoms with Gasteiger partial charge in [0.05, 0.1) is 17.7 Å². The fraction of sp³-hybridized carbons (Fsp3) is 0.200. The molecule has 0 unspecified atom stereocenters. The molecule has 5 rings (SSSR count). The first kappa shape index (κ1) is 21.2. The van der Waals surface area contributed by atoms with Gasteiger partial charge in [0, 0.05) is 29.2 Å². The van der Waals surface area contributed by atoms with E-state index in [0.717, 1.165) is 35.2 Å². The van der Waals surface area contributed by atoms with Crippen LogP contribution in [0.4, 0.5) is 0 Å². The number of amidine groups is 2. The second kappa shape index (κ2) is 8.71. The molecule has 7 nitrogen and oxygen atoms in total. The van der Waals surface area contributed by atoms with Gasteiger partial charge >= 0.3 is 0 Å². The molecule has 166 valence electrons. The molecule has 8 heteroatoms. The van der Waals surface area contributed by atoms with Crippen LogP contribution in [0.5, 0.6) is 5.75 Å². The number of rotatable bonds is 6. The van der Waals surface area contributed by atoms with Crippen molar-refractivity contribution in [2.75, 3.05) is 6.61 Å². The first-order chi connectivity index (χ1) is 16.0. The van der Waals surface area contributed by atoms with Gasteiger partial charge in [0.1, 0.15) is 5.75 Å². The van der Waals surface area contributed by atoms with Crippen molar-refractivity contribution in [1.82, 2.24) is 9.58 Å². The molecule has 2 aliphatic rings. The highest BCUT2D eigenvalue weighted by Gasteiger charge is 2.32. The molecule has 2 aliphatic heterocycles. The number of hydrogen-bond donors (Lipinski definition) is 1. The van der Waals surface area contributed by atoms with Crippen molar-refractivity contribution < 1.29 is 9.53 Å². The third-order valence-electron chi connectivity index (χ3n) is 5.81. The second-order valence-corrected chi connectivity index (χ2v) is 8.81. The van der Waals surface area contributed by atoms with Crippen LogP contribution in [0, 0.1) is 19.3 Å². The van der Waals surface area contributed by atoms with E-state index in [-0.39, 0.29) is 11.4 Å². The summed E-state index contributed by atoms with van der Waals surface area (Å²) in [6.45, 7) is 5.56. The lowest BCUT2D eigenvalue weighted by atomic mass is 10.1. The van der Waals surface area contributed by atoms with Crippen LogP contribution in [0.25, 0.3) is 17.0 Å². The lowest BCUT2D eigenvalue weighted by Crippen LogP contribution is -2.35. The highest BCUT2D eigenvalue weighted by Crippen LogP contribution is 2.28. The van der Waals surface area contributed by atoms with E-state index >= 15 is 0 Å². The van der Waals surface area contributed by atoms with Crippen LogP contribution >= 0.6 is 11.8 Å². The summed E-state index contributed by atoms with van der Waals surface area (Å²) in [7, 11) is 0. The maximum absolute atomic E-state index is 12.6. The number of carbonyl (C=O) groups excluding carboxylic acids is 1. The smallest absolute Gasteiger partial charge is 0.283 e. The SMILES string of the molecule is Cc1ccc(OCCCn2cc(C=C3C(=N)N4N=CSC4=NC3=O)c3ccccc32)cc1C. The monoisotopic (exact) mass is 457 g/mol. The summed E-state index contributed by atoms with van der Waals surface area (Å²) >= 11 is 1.24. The summed E-state index contributed by atoms with van der Waals surface area (Å²) in [6.07, 6.45) is 4.60. The predicted molar refractivity (Wildman–Crippen MR) is 134 cm³/mol. The maximum atomic E-state index is 12.6. The van der Waals surface area contributed by atoms with E-state index in [0.29, 0.717) is 11.8 Å². The zero-order valence-corrected chi connectivity index (χ0v) is 19.2. The van der Waals surface area contributed by atoms with E-state index < -0.39 is 5.91 Å². The van der Waals surface area contributed by atoms with Gasteiger partial charge in [-0.3, -0.25) is 10.2 Å². The normalized spacial score (nSPS) is 16.6. The highest BCUT2D eigenvalue weighted by atomic mass is 32.2. The quantitative estimate of drug-likeness (QED) is 0.418. The Morgan fingerprint density at radius 2 is 2.00 bits per heavy atom. The summed E-state index contributed by atoms with van der Waals surface area (Å²) < 4.78 is 8.11. The Bertz CT molecular complexity index is 1370. The Kier molecular flexibility index (Phi) is 5.60. The van der Waals surface area contributed by atoms with Crippen molar-refractivity contribution in [3.63, 3.8) is 0 Å². The van der Waals surface area contributed by atoms with Gasteiger partial charge in [-0.15, -0.1) is 0 Å². The number of aliphatic imine (C=N–C) groups is 1. The molecule has 0 saturated heterocycles. The van der Waals surface area contributed by atoms with E-state index in [4.69, 9.17) is 10.1 Å².